The van der Waals surface area contributed by atoms with Crippen LogP contribution >= 0.6 is 38.4 Å². The molecule has 0 aromatic heterocycles. The number of hydrogen-bond acceptors (Lipinski definition) is 2. The van der Waals surface area contributed by atoms with E-state index in [0.29, 0.717) is 0 Å². The fraction of sp³-hybridized carbons (Fsp3) is 1.00. The Balaban J connectivity index is 3.42. The summed E-state index contributed by atoms with van der Waals surface area (Å²) in [5.74, 6) is 0. The summed E-state index contributed by atoms with van der Waals surface area (Å²) in [5.41, 5.74) is 0. The summed E-state index contributed by atoms with van der Waals surface area (Å²) in [7, 11) is -2.32. The maximum atomic E-state index is 5.76. The van der Waals surface area contributed by atoms with Crippen molar-refractivity contribution in [3.05, 3.63) is 0 Å². The molecular formula is C8H18I2O2Ti. The van der Waals surface area contributed by atoms with Crippen molar-refractivity contribution in [3.8, 4) is 0 Å². The third kappa shape index (κ3) is 10.4. The van der Waals surface area contributed by atoms with Crippen LogP contribution in [-0.4, -0.2) is 13.2 Å². The van der Waals surface area contributed by atoms with E-state index in [0.717, 1.165) is 26.1 Å². The minimum absolute atomic E-state index is 0.870. The van der Waals surface area contributed by atoms with Gasteiger partial charge in [-0.05, 0) is 0 Å². The van der Waals surface area contributed by atoms with Gasteiger partial charge in [0.2, 0.25) is 0 Å². The first kappa shape index (κ1) is 15.1. The molecule has 80 valence electrons. The SMILES string of the molecule is CCCC[O][Ti]([I])([I])[O]CCCC. The quantitative estimate of drug-likeness (QED) is 0.314. The van der Waals surface area contributed by atoms with Gasteiger partial charge in [-0.25, -0.2) is 0 Å². The van der Waals surface area contributed by atoms with Gasteiger partial charge in [0.1, 0.15) is 0 Å². The zero-order valence-electron chi connectivity index (χ0n) is 8.32. The normalized spacial score (nSPS) is 12.0. The van der Waals surface area contributed by atoms with Crippen molar-refractivity contribution in [2.45, 2.75) is 39.5 Å². The zero-order chi connectivity index (χ0) is 10.2. The first-order valence-electron chi connectivity index (χ1n) is 4.78. The van der Waals surface area contributed by atoms with Crippen LogP contribution in [0.25, 0.3) is 0 Å². The van der Waals surface area contributed by atoms with E-state index in [2.05, 4.69) is 52.2 Å². The van der Waals surface area contributed by atoms with E-state index in [4.69, 9.17) is 6.64 Å². The van der Waals surface area contributed by atoms with Gasteiger partial charge in [0, 0.05) is 0 Å². The number of hydrogen-bond donors (Lipinski definition) is 0. The third-order valence-electron chi connectivity index (χ3n) is 1.54. The Kier molecular flexibility index (Phi) is 10.8. The molecule has 0 radical (unpaired) electrons. The third-order valence-corrected chi connectivity index (χ3v) is 8.36. The van der Waals surface area contributed by atoms with Crippen LogP contribution in [0.4, 0.5) is 0 Å². The molecule has 0 fully saturated rings. The second kappa shape index (κ2) is 9.33. The Morgan fingerprint density at radius 3 is 1.62 bits per heavy atom. The van der Waals surface area contributed by atoms with Crippen LogP contribution in [0.15, 0.2) is 0 Å². The van der Waals surface area contributed by atoms with E-state index in [-0.39, 0.29) is 0 Å². The molecule has 0 heterocycles. The topological polar surface area (TPSA) is 18.5 Å². The van der Waals surface area contributed by atoms with Crippen LogP contribution in [0.1, 0.15) is 39.5 Å². The molecule has 0 unspecified atom stereocenters. The molecule has 0 saturated heterocycles. The molecule has 0 saturated carbocycles. The summed E-state index contributed by atoms with van der Waals surface area (Å²) < 4.78 is 11.5. The molecular weight excluding hydrogens is 430 g/mol. The molecule has 0 aliphatic carbocycles. The van der Waals surface area contributed by atoms with Crippen LogP contribution in [-0.2, 0) is 16.5 Å². The standard InChI is InChI=1S/2C4H9O.2HI.Ti/c2*1-2-3-4-5;;;/h2*2-4H2,1H3;2*1H;/q2*-1;;;+4/p-2. The number of unbranched alkanes of at least 4 members (excludes halogenated alkanes) is 2. The fourth-order valence-electron chi connectivity index (χ4n) is 0.712. The van der Waals surface area contributed by atoms with Crippen LogP contribution in [0, 0.1) is 0 Å². The summed E-state index contributed by atoms with van der Waals surface area (Å²) in [6.07, 6.45) is 4.69. The number of rotatable bonds is 8. The Labute approximate surface area is 106 Å². The van der Waals surface area contributed by atoms with E-state index >= 15 is 0 Å². The average molecular weight is 448 g/mol. The van der Waals surface area contributed by atoms with Crippen molar-refractivity contribution < 1.29 is 16.5 Å². The van der Waals surface area contributed by atoms with Crippen molar-refractivity contribution in [2.24, 2.45) is 0 Å². The first-order chi connectivity index (χ1) is 6.12. The summed E-state index contributed by atoms with van der Waals surface area (Å²) in [6, 6.07) is 0. The average Bonchev–Trinajstić information content (AvgIpc) is 2.05. The van der Waals surface area contributed by atoms with Crippen LogP contribution < -0.4 is 0 Å². The van der Waals surface area contributed by atoms with E-state index in [1.54, 1.807) is 0 Å². The molecule has 0 amide bonds. The Bertz CT molecular complexity index is 111. The predicted molar refractivity (Wildman–Crippen MR) is 69.8 cm³/mol. The van der Waals surface area contributed by atoms with Gasteiger partial charge in [-0.2, -0.15) is 0 Å². The van der Waals surface area contributed by atoms with Crippen molar-refractivity contribution in [3.63, 3.8) is 0 Å². The van der Waals surface area contributed by atoms with Gasteiger partial charge in [0.05, 0.1) is 0 Å². The van der Waals surface area contributed by atoms with Crippen molar-refractivity contribution >= 4 is 38.4 Å². The second-order valence-corrected chi connectivity index (χ2v) is 25.4. The van der Waals surface area contributed by atoms with E-state index in [9.17, 15) is 0 Å². The van der Waals surface area contributed by atoms with Crippen LogP contribution in [0.5, 0.6) is 0 Å². The van der Waals surface area contributed by atoms with Crippen LogP contribution in [0.3, 0.4) is 0 Å². The zero-order valence-corrected chi connectivity index (χ0v) is 14.2. The molecule has 0 aromatic rings. The molecule has 0 rings (SSSR count). The van der Waals surface area contributed by atoms with Gasteiger partial charge in [-0.1, -0.05) is 0 Å². The Morgan fingerprint density at radius 1 is 0.923 bits per heavy atom. The van der Waals surface area contributed by atoms with E-state index in [1.807, 2.05) is 0 Å². The fourth-order valence-corrected chi connectivity index (χ4v) is 5.67. The van der Waals surface area contributed by atoms with Gasteiger partial charge < -0.3 is 0 Å². The molecule has 13 heavy (non-hydrogen) atoms. The summed E-state index contributed by atoms with van der Waals surface area (Å²) >= 11 is 4.77. The maximum absolute atomic E-state index is 5.76. The molecule has 0 N–H and O–H groups in total. The predicted octanol–water partition coefficient (Wildman–Crippen LogP) is 4.30. The van der Waals surface area contributed by atoms with E-state index in [1.165, 1.54) is 12.8 Å². The van der Waals surface area contributed by atoms with Crippen molar-refractivity contribution in [1.29, 1.82) is 0 Å². The molecule has 0 aliphatic heterocycles. The van der Waals surface area contributed by atoms with Crippen molar-refractivity contribution in [2.75, 3.05) is 13.2 Å². The summed E-state index contributed by atoms with van der Waals surface area (Å²) in [5, 5.41) is 0. The molecule has 0 spiro atoms. The molecule has 0 aromatic carbocycles. The van der Waals surface area contributed by atoms with E-state index < -0.39 is 9.87 Å². The monoisotopic (exact) mass is 448 g/mol. The van der Waals surface area contributed by atoms with Gasteiger partial charge in [-0.15, -0.1) is 0 Å². The summed E-state index contributed by atoms with van der Waals surface area (Å²) in [6.45, 7) is 6.09. The molecule has 5 heteroatoms. The first-order valence-corrected chi connectivity index (χ1v) is 16.1. The molecule has 0 bridgehead atoms. The minimum atomic E-state index is -2.32. The Hall–Kier alpha value is 2.09. The number of halogens is 2. The van der Waals surface area contributed by atoms with Gasteiger partial charge in [-0.3, -0.25) is 0 Å². The molecule has 0 atom stereocenters. The van der Waals surface area contributed by atoms with Crippen LogP contribution in [0.2, 0.25) is 0 Å². The van der Waals surface area contributed by atoms with Gasteiger partial charge in [0.15, 0.2) is 0 Å². The molecule has 0 aliphatic rings. The van der Waals surface area contributed by atoms with Gasteiger partial charge in [0.25, 0.3) is 0 Å². The summed E-state index contributed by atoms with van der Waals surface area (Å²) in [4.78, 5) is 0. The Morgan fingerprint density at radius 2 is 1.31 bits per heavy atom. The molecule has 2 nitrogen and oxygen atoms in total. The second-order valence-electron chi connectivity index (χ2n) is 2.87. The van der Waals surface area contributed by atoms with Crippen molar-refractivity contribution in [1.82, 2.24) is 0 Å². The van der Waals surface area contributed by atoms with Gasteiger partial charge >= 0.3 is 108 Å².